The Morgan fingerprint density at radius 2 is 2.06 bits per heavy atom. The van der Waals surface area contributed by atoms with Crippen molar-refractivity contribution in [2.45, 2.75) is 39.2 Å². The quantitative estimate of drug-likeness (QED) is 0.607. The molecule has 3 N–H and O–H groups in total. The van der Waals surface area contributed by atoms with Crippen LogP contribution in [0.1, 0.15) is 33.1 Å². The second-order valence-electron chi connectivity index (χ2n) is 5.57. The zero-order chi connectivity index (χ0) is 12.3. The Morgan fingerprint density at radius 3 is 2.65 bits per heavy atom. The molecule has 1 aromatic rings. The predicted octanol–water partition coefficient (Wildman–Crippen LogP) is 2.99. The van der Waals surface area contributed by atoms with Crippen molar-refractivity contribution in [2.75, 3.05) is 5.32 Å². The fourth-order valence-corrected chi connectivity index (χ4v) is 2.41. The largest absolute Gasteiger partial charge is 0.370 e. The molecule has 1 atom stereocenters. The first-order valence-corrected chi connectivity index (χ1v) is 6.20. The number of nitrogens with two attached hydrogens (primary N) is 1. The molecule has 0 bridgehead atoms. The Labute approximate surface area is 103 Å². The summed E-state index contributed by atoms with van der Waals surface area (Å²) in [6, 6.07) is 10.3. The molecule has 1 aliphatic rings. The summed E-state index contributed by atoms with van der Waals surface area (Å²) in [5.74, 6) is 0.527. The van der Waals surface area contributed by atoms with Crippen LogP contribution in [-0.2, 0) is 0 Å². The number of rotatable bonds is 2. The van der Waals surface area contributed by atoms with Gasteiger partial charge < -0.3 is 11.1 Å². The summed E-state index contributed by atoms with van der Waals surface area (Å²) in [5.41, 5.74) is 7.32. The van der Waals surface area contributed by atoms with Crippen LogP contribution in [0.15, 0.2) is 35.3 Å². The van der Waals surface area contributed by atoms with Crippen LogP contribution < -0.4 is 11.1 Å². The number of hydrogen-bond donors (Lipinski definition) is 2. The van der Waals surface area contributed by atoms with Gasteiger partial charge in [0.25, 0.3) is 0 Å². The molecule has 1 unspecified atom stereocenters. The van der Waals surface area contributed by atoms with Gasteiger partial charge in [-0.2, -0.15) is 0 Å². The van der Waals surface area contributed by atoms with Crippen LogP contribution in [0, 0.1) is 5.41 Å². The second-order valence-corrected chi connectivity index (χ2v) is 5.57. The maximum atomic E-state index is 5.91. The molecule has 0 radical (unpaired) electrons. The molecule has 3 nitrogen and oxygen atoms in total. The average Bonchev–Trinajstić information content (AvgIpc) is 2.59. The lowest BCUT2D eigenvalue weighted by Gasteiger charge is -2.15. The number of nitrogens with one attached hydrogen (secondary N) is 1. The topological polar surface area (TPSA) is 50.4 Å². The van der Waals surface area contributed by atoms with Gasteiger partial charge >= 0.3 is 0 Å². The number of para-hydroxylation sites is 1. The summed E-state index contributed by atoms with van der Waals surface area (Å²) in [5, 5.41) is 3.12. The Morgan fingerprint density at radius 1 is 1.35 bits per heavy atom. The summed E-state index contributed by atoms with van der Waals surface area (Å²) in [7, 11) is 0. The molecule has 0 spiro atoms. The minimum atomic E-state index is 0.376. The number of aliphatic imine (C=N–C) groups is 1. The summed E-state index contributed by atoms with van der Waals surface area (Å²) < 4.78 is 0. The zero-order valence-corrected chi connectivity index (χ0v) is 10.6. The van der Waals surface area contributed by atoms with E-state index in [0.717, 1.165) is 18.5 Å². The smallest absolute Gasteiger partial charge is 0.193 e. The third kappa shape index (κ3) is 3.48. The van der Waals surface area contributed by atoms with Crippen LogP contribution in [0.4, 0.5) is 5.69 Å². The average molecular weight is 231 g/mol. The molecule has 92 valence electrons. The number of guanidine groups is 1. The predicted molar refractivity (Wildman–Crippen MR) is 73.1 cm³/mol. The first-order valence-electron chi connectivity index (χ1n) is 6.20. The van der Waals surface area contributed by atoms with E-state index in [-0.39, 0.29) is 0 Å². The normalized spacial score (nSPS) is 23.6. The van der Waals surface area contributed by atoms with Crippen molar-refractivity contribution in [3.63, 3.8) is 0 Å². The number of nitrogens with zero attached hydrogens (tertiary/aromatic N) is 1. The molecular weight excluding hydrogens is 210 g/mol. The zero-order valence-electron chi connectivity index (χ0n) is 10.6. The Bertz CT molecular complexity index is 395. The van der Waals surface area contributed by atoms with Gasteiger partial charge in [-0.3, -0.25) is 0 Å². The van der Waals surface area contributed by atoms with E-state index in [0.29, 0.717) is 17.4 Å². The van der Waals surface area contributed by atoms with E-state index in [1.165, 1.54) is 6.42 Å². The standard InChI is InChI=1S/C14H21N3/c1-14(2)9-8-12(10-14)17-13(15)16-11-6-4-3-5-7-11/h3-7,12H,8-10H2,1-2H3,(H3,15,16,17). The van der Waals surface area contributed by atoms with Crippen molar-refractivity contribution < 1.29 is 0 Å². The van der Waals surface area contributed by atoms with Crippen LogP contribution in [0.3, 0.4) is 0 Å². The van der Waals surface area contributed by atoms with Gasteiger partial charge in [0.15, 0.2) is 5.96 Å². The van der Waals surface area contributed by atoms with Crippen molar-refractivity contribution in [1.82, 2.24) is 0 Å². The number of anilines is 1. The molecule has 0 aliphatic heterocycles. The van der Waals surface area contributed by atoms with Crippen molar-refractivity contribution in [2.24, 2.45) is 16.1 Å². The first kappa shape index (κ1) is 12.0. The lowest BCUT2D eigenvalue weighted by molar-refractivity contribution is 0.376. The maximum Gasteiger partial charge on any atom is 0.193 e. The van der Waals surface area contributed by atoms with Gasteiger partial charge in [0.1, 0.15) is 0 Å². The molecule has 0 saturated heterocycles. The highest BCUT2D eigenvalue weighted by molar-refractivity contribution is 5.92. The van der Waals surface area contributed by atoms with Crippen molar-refractivity contribution in [3.8, 4) is 0 Å². The molecule has 1 fully saturated rings. The fourth-order valence-electron chi connectivity index (χ4n) is 2.41. The highest BCUT2D eigenvalue weighted by Crippen LogP contribution is 2.38. The van der Waals surface area contributed by atoms with Crippen LogP contribution in [0.2, 0.25) is 0 Å². The summed E-state index contributed by atoms with van der Waals surface area (Å²) in [6.45, 7) is 4.59. The van der Waals surface area contributed by atoms with Gasteiger partial charge in [0.05, 0.1) is 6.04 Å². The van der Waals surface area contributed by atoms with E-state index < -0.39 is 0 Å². The van der Waals surface area contributed by atoms with E-state index in [1.54, 1.807) is 0 Å². The van der Waals surface area contributed by atoms with Crippen LogP contribution >= 0.6 is 0 Å². The van der Waals surface area contributed by atoms with Crippen LogP contribution in [0.25, 0.3) is 0 Å². The van der Waals surface area contributed by atoms with Gasteiger partial charge in [-0.25, -0.2) is 4.99 Å². The summed E-state index contributed by atoms with van der Waals surface area (Å²) in [6.07, 6.45) is 3.51. The van der Waals surface area contributed by atoms with Gasteiger partial charge in [-0.15, -0.1) is 0 Å². The Kier molecular flexibility index (Phi) is 3.36. The van der Waals surface area contributed by atoms with Crippen LogP contribution in [0.5, 0.6) is 0 Å². The second kappa shape index (κ2) is 4.78. The van der Waals surface area contributed by atoms with Crippen molar-refractivity contribution in [1.29, 1.82) is 0 Å². The Balaban J connectivity index is 1.94. The fraction of sp³-hybridized carbons (Fsp3) is 0.500. The molecule has 0 amide bonds. The molecule has 0 heterocycles. The molecule has 17 heavy (non-hydrogen) atoms. The SMILES string of the molecule is CC1(C)CCC(N=C(N)Nc2ccccc2)C1. The minimum absolute atomic E-state index is 0.376. The summed E-state index contributed by atoms with van der Waals surface area (Å²) >= 11 is 0. The van der Waals surface area contributed by atoms with Gasteiger partial charge in [0, 0.05) is 5.69 Å². The Hall–Kier alpha value is -1.51. The molecule has 2 rings (SSSR count). The van der Waals surface area contributed by atoms with E-state index in [4.69, 9.17) is 5.73 Å². The molecule has 3 heteroatoms. The lowest BCUT2D eigenvalue weighted by Crippen LogP contribution is -2.24. The van der Waals surface area contributed by atoms with E-state index in [2.05, 4.69) is 24.2 Å². The molecule has 1 aromatic carbocycles. The van der Waals surface area contributed by atoms with Crippen molar-refractivity contribution >= 4 is 11.6 Å². The van der Waals surface area contributed by atoms with E-state index >= 15 is 0 Å². The van der Waals surface area contributed by atoms with Gasteiger partial charge in [-0.1, -0.05) is 32.0 Å². The van der Waals surface area contributed by atoms with E-state index in [9.17, 15) is 0 Å². The highest BCUT2D eigenvalue weighted by Gasteiger charge is 2.30. The third-order valence-corrected chi connectivity index (χ3v) is 3.31. The maximum absolute atomic E-state index is 5.91. The number of hydrogen-bond acceptors (Lipinski definition) is 1. The highest BCUT2D eigenvalue weighted by atomic mass is 15.1. The lowest BCUT2D eigenvalue weighted by atomic mass is 9.92. The van der Waals surface area contributed by atoms with Gasteiger partial charge in [-0.05, 0) is 36.8 Å². The molecule has 0 aromatic heterocycles. The number of benzene rings is 1. The molecular formula is C14H21N3. The van der Waals surface area contributed by atoms with E-state index in [1.807, 2.05) is 30.3 Å². The van der Waals surface area contributed by atoms with Gasteiger partial charge in [0.2, 0.25) is 0 Å². The van der Waals surface area contributed by atoms with Crippen molar-refractivity contribution in [3.05, 3.63) is 30.3 Å². The summed E-state index contributed by atoms with van der Waals surface area (Å²) in [4.78, 5) is 4.55. The first-order chi connectivity index (χ1) is 8.05. The molecule has 1 aliphatic carbocycles. The monoisotopic (exact) mass is 231 g/mol. The third-order valence-electron chi connectivity index (χ3n) is 3.31. The van der Waals surface area contributed by atoms with Crippen LogP contribution in [-0.4, -0.2) is 12.0 Å². The minimum Gasteiger partial charge on any atom is -0.370 e. The molecule has 1 saturated carbocycles.